The second kappa shape index (κ2) is 29.5. The van der Waals surface area contributed by atoms with Gasteiger partial charge in [-0.1, -0.05) is 20.8 Å². The number of hydrogen-bond donors (Lipinski definition) is 1. The summed E-state index contributed by atoms with van der Waals surface area (Å²) in [5, 5.41) is 10.9. The maximum atomic E-state index is 10.9. The highest BCUT2D eigenvalue weighted by Crippen LogP contribution is 2.31. The summed E-state index contributed by atoms with van der Waals surface area (Å²) in [6.45, 7) is 6.80. The van der Waals surface area contributed by atoms with Gasteiger partial charge in [0.05, 0.1) is 38.6 Å². The lowest BCUT2D eigenvalue weighted by molar-refractivity contribution is -0.329. The lowest BCUT2D eigenvalue weighted by Gasteiger charge is -2.45. The summed E-state index contributed by atoms with van der Waals surface area (Å²) >= 11 is 0. The van der Waals surface area contributed by atoms with Crippen molar-refractivity contribution in [1.29, 1.82) is 0 Å². The summed E-state index contributed by atoms with van der Waals surface area (Å²) in [7, 11) is 15.6. The van der Waals surface area contributed by atoms with E-state index in [-0.39, 0.29) is 26.6 Å². The molecule has 318 valence electrons. The quantitative estimate of drug-likeness (QED) is 0.0958. The maximum absolute atomic E-state index is 10.9. The number of ether oxygens (including phenoxy) is 16. The van der Waals surface area contributed by atoms with Gasteiger partial charge in [0.25, 0.3) is 0 Å². The fourth-order valence-electron chi connectivity index (χ4n) is 6.32. The molecule has 0 bridgehead atoms. The van der Waals surface area contributed by atoms with Crippen molar-refractivity contribution in [1.82, 2.24) is 0 Å². The molecule has 0 aliphatic carbocycles. The van der Waals surface area contributed by atoms with Crippen molar-refractivity contribution in [2.75, 3.05) is 111 Å². The first-order valence-corrected chi connectivity index (χ1v) is 18.3. The van der Waals surface area contributed by atoms with E-state index < -0.39 is 85.8 Å². The van der Waals surface area contributed by atoms with Crippen molar-refractivity contribution in [2.45, 2.75) is 126 Å². The highest BCUT2D eigenvalue weighted by molar-refractivity contribution is 4.92. The van der Waals surface area contributed by atoms with Crippen LogP contribution in [0.1, 0.15) is 40.0 Å². The molecule has 0 amide bonds. The van der Waals surface area contributed by atoms with Gasteiger partial charge in [-0.15, -0.1) is 0 Å². The molecule has 1 aliphatic rings. The first kappa shape index (κ1) is 50.3. The van der Waals surface area contributed by atoms with Crippen LogP contribution in [0, 0.1) is 0 Å². The average Bonchev–Trinajstić information content (AvgIpc) is 3.18. The minimum atomic E-state index is -0.957. The van der Waals surface area contributed by atoms with Crippen molar-refractivity contribution in [2.24, 2.45) is 0 Å². The summed E-state index contributed by atoms with van der Waals surface area (Å²) in [5.74, 6) is 0. The molecule has 0 aromatic heterocycles. The van der Waals surface area contributed by atoms with Gasteiger partial charge in [0.2, 0.25) is 0 Å². The molecule has 14 atom stereocenters. The molecule has 0 radical (unpaired) electrons. The predicted octanol–water partition coefficient (Wildman–Crippen LogP) is 1.82. The molecular weight excluding hydrogens is 704 g/mol. The van der Waals surface area contributed by atoms with E-state index in [2.05, 4.69) is 0 Å². The summed E-state index contributed by atoms with van der Waals surface area (Å²) in [5.41, 5.74) is 0. The van der Waals surface area contributed by atoms with E-state index in [4.69, 9.17) is 75.8 Å². The summed E-state index contributed by atoms with van der Waals surface area (Å²) in [4.78, 5) is 0. The molecule has 17 heteroatoms. The number of aliphatic hydroxyl groups is 1. The van der Waals surface area contributed by atoms with Crippen LogP contribution in [0.15, 0.2) is 0 Å². The molecule has 1 fully saturated rings. The molecule has 0 aromatic carbocycles. The monoisotopic (exact) mass is 776 g/mol. The van der Waals surface area contributed by atoms with Crippen LogP contribution >= 0.6 is 0 Å². The highest BCUT2D eigenvalue weighted by atomic mass is 16.7. The fraction of sp³-hybridized carbons (Fsp3) is 1.00. The van der Waals surface area contributed by atoms with E-state index >= 15 is 0 Å². The first-order chi connectivity index (χ1) is 25.7. The minimum absolute atomic E-state index is 0.00238. The second-order valence-corrected chi connectivity index (χ2v) is 12.5. The van der Waals surface area contributed by atoms with Crippen LogP contribution in [0.2, 0.25) is 0 Å². The third-order valence-corrected chi connectivity index (χ3v) is 9.26. The van der Waals surface area contributed by atoms with Crippen LogP contribution in [-0.4, -0.2) is 202 Å². The average molecular weight is 777 g/mol. The zero-order valence-corrected chi connectivity index (χ0v) is 34.4. The molecule has 0 aromatic rings. The standard InChI is InChI=1S/C36H72O17/c1-14-17-48-35(53-29(23(37)15-2)25(41-7)18-38-4)32(45-11)27(43-9)21-49-36-34(47-13)33(46-12)31(24(16-3)52-36)51-22-50-28(20-40-6)30(44-10)26(42-8)19-39-5/h23-37H,14-22H2,1-13H3/t23?,24?,25-,26-,27?,28?,29-,30+,31?,32?,33?,34?,35+,36+/m1/s1. The molecular formula is C36H72O17. The normalized spacial score (nSPS) is 26.0. The van der Waals surface area contributed by atoms with E-state index in [0.29, 0.717) is 26.1 Å². The van der Waals surface area contributed by atoms with Crippen molar-refractivity contribution in [3.8, 4) is 0 Å². The number of aliphatic hydroxyl groups excluding tert-OH is 1. The van der Waals surface area contributed by atoms with Crippen molar-refractivity contribution in [3.63, 3.8) is 0 Å². The summed E-state index contributed by atoms with van der Waals surface area (Å²) in [6.07, 6.45) is -7.57. The Morgan fingerprint density at radius 1 is 0.566 bits per heavy atom. The Morgan fingerprint density at radius 2 is 1.11 bits per heavy atom. The van der Waals surface area contributed by atoms with Gasteiger partial charge in [-0.05, 0) is 19.3 Å². The third-order valence-electron chi connectivity index (χ3n) is 9.26. The zero-order chi connectivity index (χ0) is 39.8. The van der Waals surface area contributed by atoms with Gasteiger partial charge < -0.3 is 80.9 Å². The van der Waals surface area contributed by atoms with Gasteiger partial charge in [-0.25, -0.2) is 0 Å². The second-order valence-electron chi connectivity index (χ2n) is 12.5. The Kier molecular flexibility index (Phi) is 28.1. The number of hydrogen-bond acceptors (Lipinski definition) is 17. The lowest BCUT2D eigenvalue weighted by atomic mass is 9.96. The zero-order valence-electron chi connectivity index (χ0n) is 34.4. The molecule has 1 saturated heterocycles. The van der Waals surface area contributed by atoms with Gasteiger partial charge >= 0.3 is 0 Å². The Bertz CT molecular complexity index is 861. The largest absolute Gasteiger partial charge is 0.390 e. The smallest absolute Gasteiger partial charge is 0.186 e. The molecule has 53 heavy (non-hydrogen) atoms. The Balaban J connectivity index is 3.19. The molecule has 1 N–H and O–H groups in total. The van der Waals surface area contributed by atoms with Crippen LogP contribution < -0.4 is 0 Å². The molecule has 8 unspecified atom stereocenters. The Labute approximate surface area is 317 Å². The maximum Gasteiger partial charge on any atom is 0.186 e. The molecule has 0 spiro atoms. The van der Waals surface area contributed by atoms with Gasteiger partial charge in [0.1, 0.15) is 67.8 Å². The fourth-order valence-corrected chi connectivity index (χ4v) is 6.32. The topological polar surface area (TPSA) is 168 Å². The van der Waals surface area contributed by atoms with Crippen LogP contribution in [0.3, 0.4) is 0 Å². The lowest BCUT2D eigenvalue weighted by Crippen LogP contribution is -2.61. The van der Waals surface area contributed by atoms with E-state index in [9.17, 15) is 5.11 Å². The molecule has 0 saturated carbocycles. The van der Waals surface area contributed by atoms with E-state index in [0.717, 1.165) is 6.42 Å². The van der Waals surface area contributed by atoms with Crippen LogP contribution in [0.4, 0.5) is 0 Å². The Morgan fingerprint density at radius 3 is 1.58 bits per heavy atom. The van der Waals surface area contributed by atoms with E-state index in [1.54, 1.807) is 56.9 Å². The van der Waals surface area contributed by atoms with E-state index in [1.165, 1.54) is 14.2 Å². The van der Waals surface area contributed by atoms with Crippen LogP contribution in [0.5, 0.6) is 0 Å². The first-order valence-electron chi connectivity index (χ1n) is 18.3. The van der Waals surface area contributed by atoms with Crippen molar-refractivity contribution < 1.29 is 80.9 Å². The van der Waals surface area contributed by atoms with Gasteiger partial charge in [-0.3, -0.25) is 0 Å². The molecule has 17 nitrogen and oxygen atoms in total. The molecule has 1 rings (SSSR count). The van der Waals surface area contributed by atoms with Crippen LogP contribution in [-0.2, 0) is 75.8 Å². The van der Waals surface area contributed by atoms with Gasteiger partial charge in [0, 0.05) is 77.7 Å². The predicted molar refractivity (Wildman–Crippen MR) is 192 cm³/mol. The van der Waals surface area contributed by atoms with Crippen molar-refractivity contribution >= 4 is 0 Å². The minimum Gasteiger partial charge on any atom is -0.390 e. The van der Waals surface area contributed by atoms with Crippen LogP contribution in [0.25, 0.3) is 0 Å². The number of methoxy groups -OCH3 is 10. The SMILES string of the molecule is CCCO[C@@H](O[C@H](C(O)CC)[C@@H](COC)OC)C(OC)C(CO[C@H]1OC(CC)C(OCOC(COC)[C@@H](OC)[C@@H](COC)OC)C(OC)C1OC)OC. The highest BCUT2D eigenvalue weighted by Gasteiger charge is 2.48. The third kappa shape index (κ3) is 15.6. The molecule has 1 aliphatic heterocycles. The summed E-state index contributed by atoms with van der Waals surface area (Å²) in [6, 6.07) is 0. The molecule has 1 heterocycles. The van der Waals surface area contributed by atoms with E-state index in [1.807, 2.05) is 20.8 Å². The summed E-state index contributed by atoms with van der Waals surface area (Å²) < 4.78 is 94.4. The van der Waals surface area contributed by atoms with Gasteiger partial charge in [-0.2, -0.15) is 0 Å². The van der Waals surface area contributed by atoms with Gasteiger partial charge in [0.15, 0.2) is 12.6 Å². The van der Waals surface area contributed by atoms with Crippen molar-refractivity contribution in [3.05, 3.63) is 0 Å². The Hall–Kier alpha value is -0.680. The number of rotatable bonds is 33.